The van der Waals surface area contributed by atoms with Gasteiger partial charge in [0.15, 0.2) is 0 Å². The van der Waals surface area contributed by atoms with Crippen LogP contribution in [0, 0.1) is 0 Å². The number of hydrogen-bond acceptors (Lipinski definition) is 4. The summed E-state index contributed by atoms with van der Waals surface area (Å²) in [6, 6.07) is 18.8. The van der Waals surface area contributed by atoms with E-state index in [-0.39, 0.29) is 11.0 Å². The zero-order valence-electron chi connectivity index (χ0n) is 18.8. The van der Waals surface area contributed by atoms with Crippen molar-refractivity contribution in [2.45, 2.75) is 32.8 Å². The normalized spacial score (nSPS) is 11.9. The Kier molecular flexibility index (Phi) is 7.26. The summed E-state index contributed by atoms with van der Waals surface area (Å²) in [5, 5.41) is 5.45. The summed E-state index contributed by atoms with van der Waals surface area (Å²) >= 11 is 13.3. The van der Waals surface area contributed by atoms with Crippen LogP contribution < -0.4 is 10.3 Å². The Morgan fingerprint density at radius 1 is 1.03 bits per heavy atom. The van der Waals surface area contributed by atoms with Crippen LogP contribution in [0.3, 0.4) is 0 Å². The summed E-state index contributed by atoms with van der Waals surface area (Å²) in [6.07, 6.45) is 1.60. The molecule has 8 heteroatoms. The molecular formula is C26H22Br2ClN3O2. The first-order valence-electron chi connectivity index (χ1n) is 10.6. The lowest BCUT2D eigenvalue weighted by atomic mass is 9.95. The molecule has 0 saturated carbocycles. The van der Waals surface area contributed by atoms with Crippen LogP contribution >= 0.6 is 43.5 Å². The molecule has 174 valence electrons. The van der Waals surface area contributed by atoms with Crippen molar-refractivity contribution >= 4 is 60.6 Å². The zero-order chi connectivity index (χ0) is 24.5. The Bertz CT molecular complexity index is 1440. The molecule has 1 aromatic heterocycles. The molecule has 0 fully saturated rings. The number of fused-ring (bicyclic) bond motifs is 1. The molecule has 0 bridgehead atoms. The fourth-order valence-corrected chi connectivity index (χ4v) is 4.19. The van der Waals surface area contributed by atoms with E-state index in [2.05, 4.69) is 37.0 Å². The Hall–Kier alpha value is -2.48. The second-order valence-electron chi connectivity index (χ2n) is 8.81. The van der Waals surface area contributed by atoms with Crippen molar-refractivity contribution in [3.8, 4) is 5.75 Å². The Morgan fingerprint density at radius 3 is 2.41 bits per heavy atom. The maximum absolute atomic E-state index is 13.3. The highest BCUT2D eigenvalue weighted by Gasteiger charge is 2.22. The fraction of sp³-hybridized carbons (Fsp3) is 0.192. The predicted molar refractivity (Wildman–Crippen MR) is 145 cm³/mol. The molecule has 0 amide bonds. The van der Waals surface area contributed by atoms with Crippen LogP contribution in [0.4, 0.5) is 0 Å². The van der Waals surface area contributed by atoms with Crippen molar-refractivity contribution in [1.29, 1.82) is 0 Å². The van der Waals surface area contributed by atoms with Gasteiger partial charge in [-0.05, 0) is 59.7 Å². The molecule has 0 N–H and O–H groups in total. The van der Waals surface area contributed by atoms with Crippen molar-refractivity contribution < 1.29 is 4.74 Å². The predicted octanol–water partition coefficient (Wildman–Crippen LogP) is 7.33. The first-order valence-corrected chi connectivity index (χ1v) is 12.5. The third-order valence-corrected chi connectivity index (χ3v) is 6.38. The molecular weight excluding hydrogens is 582 g/mol. The van der Waals surface area contributed by atoms with Gasteiger partial charge < -0.3 is 4.74 Å². The van der Waals surface area contributed by atoms with Crippen LogP contribution in [0.1, 0.15) is 37.7 Å². The summed E-state index contributed by atoms with van der Waals surface area (Å²) < 4.78 is 9.05. The van der Waals surface area contributed by atoms with Crippen molar-refractivity contribution in [2.24, 2.45) is 5.10 Å². The van der Waals surface area contributed by atoms with Crippen molar-refractivity contribution in [3.63, 3.8) is 0 Å². The number of aromatic nitrogens is 2. The van der Waals surface area contributed by atoms with Crippen LogP contribution in [-0.2, 0) is 12.0 Å². The molecule has 0 unspecified atom stereocenters. The van der Waals surface area contributed by atoms with Gasteiger partial charge in [0.05, 0.1) is 22.1 Å². The van der Waals surface area contributed by atoms with Gasteiger partial charge in [0.2, 0.25) is 0 Å². The van der Waals surface area contributed by atoms with E-state index < -0.39 is 0 Å². The third kappa shape index (κ3) is 5.59. The molecule has 0 aliphatic carbocycles. The lowest BCUT2D eigenvalue weighted by Gasteiger charge is -2.20. The van der Waals surface area contributed by atoms with E-state index in [0.717, 1.165) is 20.1 Å². The molecule has 0 aliphatic rings. The second-order valence-corrected chi connectivity index (χ2v) is 11.1. The quantitative estimate of drug-likeness (QED) is 0.225. The fourth-order valence-electron chi connectivity index (χ4n) is 3.32. The molecule has 0 aliphatic heterocycles. The first kappa shape index (κ1) is 24.6. The Morgan fingerprint density at radius 2 is 1.74 bits per heavy atom. The van der Waals surface area contributed by atoms with Gasteiger partial charge in [-0.1, -0.05) is 76.4 Å². The standard InChI is InChI=1S/C26H22Br2ClN3O2/c1-26(2,3)25-31-22-10-9-19(28)13-20(22)24(33)32(25)30-14-17-6-11-23(21(29)12-17)34-15-16-4-7-18(27)8-5-16/h4-14H,15H2,1-3H3. The summed E-state index contributed by atoms with van der Waals surface area (Å²) in [5.74, 6) is 1.15. The van der Waals surface area contributed by atoms with Crippen molar-refractivity contribution in [3.05, 3.63) is 102 Å². The first-order chi connectivity index (χ1) is 16.1. The van der Waals surface area contributed by atoms with Crippen LogP contribution in [-0.4, -0.2) is 15.9 Å². The third-order valence-electron chi connectivity index (χ3n) is 5.06. The van der Waals surface area contributed by atoms with Gasteiger partial charge in [-0.2, -0.15) is 9.78 Å². The van der Waals surface area contributed by atoms with E-state index in [9.17, 15) is 4.79 Å². The molecule has 4 aromatic rings. The number of rotatable bonds is 5. The lowest BCUT2D eigenvalue weighted by molar-refractivity contribution is 0.306. The molecule has 1 heterocycles. The maximum Gasteiger partial charge on any atom is 0.282 e. The van der Waals surface area contributed by atoms with Crippen LogP contribution in [0.5, 0.6) is 5.75 Å². The molecule has 5 nitrogen and oxygen atoms in total. The molecule has 4 rings (SSSR count). The van der Waals surface area contributed by atoms with Gasteiger partial charge in [-0.15, -0.1) is 0 Å². The van der Waals surface area contributed by atoms with Gasteiger partial charge in [0.25, 0.3) is 5.56 Å². The van der Waals surface area contributed by atoms with Gasteiger partial charge in [0, 0.05) is 14.4 Å². The summed E-state index contributed by atoms with van der Waals surface area (Å²) in [7, 11) is 0. The lowest BCUT2D eigenvalue weighted by Crippen LogP contribution is -2.29. The van der Waals surface area contributed by atoms with Crippen molar-refractivity contribution in [1.82, 2.24) is 9.66 Å². The number of hydrogen-bond donors (Lipinski definition) is 0. The Balaban J connectivity index is 1.63. The average molecular weight is 604 g/mol. The van der Waals surface area contributed by atoms with Crippen LogP contribution in [0.15, 0.2) is 79.5 Å². The highest BCUT2D eigenvalue weighted by atomic mass is 79.9. The van der Waals surface area contributed by atoms with Gasteiger partial charge in [0.1, 0.15) is 18.2 Å². The molecule has 3 aromatic carbocycles. The van der Waals surface area contributed by atoms with Gasteiger partial charge in [-0.3, -0.25) is 4.79 Å². The number of halogens is 3. The van der Waals surface area contributed by atoms with E-state index in [1.165, 1.54) is 4.68 Å². The van der Waals surface area contributed by atoms with Crippen LogP contribution in [0.2, 0.25) is 5.02 Å². The molecule has 0 radical (unpaired) electrons. The summed E-state index contributed by atoms with van der Waals surface area (Å²) in [5.41, 5.74) is 1.80. The topological polar surface area (TPSA) is 56.5 Å². The Labute approximate surface area is 219 Å². The minimum atomic E-state index is -0.389. The number of ether oxygens (including phenoxy) is 1. The SMILES string of the molecule is CC(C)(C)c1nc2ccc(Br)cc2c(=O)n1N=Cc1ccc(OCc2ccc(Br)cc2)c(Cl)c1. The van der Waals surface area contributed by atoms with E-state index >= 15 is 0 Å². The number of nitrogens with zero attached hydrogens (tertiary/aromatic N) is 3. The number of benzene rings is 3. The molecule has 34 heavy (non-hydrogen) atoms. The van der Waals surface area contributed by atoms with Gasteiger partial charge in [-0.25, -0.2) is 4.98 Å². The molecule has 0 atom stereocenters. The summed E-state index contributed by atoms with van der Waals surface area (Å²) in [4.78, 5) is 18.0. The van der Waals surface area contributed by atoms with Crippen molar-refractivity contribution in [2.75, 3.05) is 0 Å². The van der Waals surface area contributed by atoms with Gasteiger partial charge >= 0.3 is 0 Å². The minimum Gasteiger partial charge on any atom is -0.487 e. The highest BCUT2D eigenvalue weighted by Crippen LogP contribution is 2.27. The minimum absolute atomic E-state index is 0.229. The van der Waals surface area contributed by atoms with E-state index in [4.69, 9.17) is 21.3 Å². The summed E-state index contributed by atoms with van der Waals surface area (Å²) in [6.45, 7) is 6.41. The van der Waals surface area contributed by atoms with E-state index in [1.807, 2.05) is 63.2 Å². The largest absolute Gasteiger partial charge is 0.487 e. The van der Waals surface area contributed by atoms with E-state index in [0.29, 0.717) is 34.1 Å². The monoisotopic (exact) mass is 601 g/mol. The smallest absolute Gasteiger partial charge is 0.282 e. The molecule has 0 saturated heterocycles. The van der Waals surface area contributed by atoms with E-state index in [1.54, 1.807) is 24.4 Å². The second kappa shape index (κ2) is 10.0. The highest BCUT2D eigenvalue weighted by molar-refractivity contribution is 9.10. The van der Waals surface area contributed by atoms with Crippen LogP contribution in [0.25, 0.3) is 10.9 Å². The zero-order valence-corrected chi connectivity index (χ0v) is 22.8. The average Bonchev–Trinajstić information content (AvgIpc) is 2.78. The maximum atomic E-state index is 13.3. The molecule has 0 spiro atoms.